The minimum Gasteiger partial charge on any atom is -0.407 e. The fraction of sp³-hybridized carbons (Fsp3) is 1.00. The molecule has 0 saturated carbocycles. The Morgan fingerprint density at radius 3 is 1.43 bits per heavy atom. The van der Waals surface area contributed by atoms with Crippen LogP contribution in [0.15, 0.2) is 0 Å². The Labute approximate surface area is 150 Å². The third-order valence-electron chi connectivity index (χ3n) is 5.55. The average Bonchev–Trinajstić information content (AvgIpc) is 2.92. The summed E-state index contributed by atoms with van der Waals surface area (Å²) in [6.07, 6.45) is 2.81. The molecule has 0 aromatic carbocycles. The first-order valence-corrected chi connectivity index (χ1v) is 22.0. The molecule has 1 atom stereocenters. The van der Waals surface area contributed by atoms with E-state index in [0.717, 1.165) is 0 Å². The van der Waals surface area contributed by atoms with Crippen LogP contribution in [0.25, 0.3) is 0 Å². The normalized spacial score (nSPS) is 29.5. The SMILES string of the molecule is CO[Si]1(C)CCCN1[Si](C)(C)C.C[Si](C)(C)N1CCC[Si]1(C)C. The Hall–Kier alpha value is 0.748. The Bertz CT molecular complexity index is 393. The Kier molecular flexibility index (Phi) is 7.15. The molecule has 2 aliphatic rings. The van der Waals surface area contributed by atoms with Gasteiger partial charge in [0.25, 0.3) is 8.48 Å². The van der Waals surface area contributed by atoms with E-state index in [0.29, 0.717) is 0 Å². The molecule has 0 radical (unpaired) electrons. The van der Waals surface area contributed by atoms with Crippen molar-refractivity contribution in [3.63, 3.8) is 0 Å². The van der Waals surface area contributed by atoms with Crippen LogP contribution < -0.4 is 0 Å². The van der Waals surface area contributed by atoms with Gasteiger partial charge in [0.1, 0.15) is 24.7 Å². The zero-order chi connectivity index (χ0) is 18.1. The van der Waals surface area contributed by atoms with Gasteiger partial charge in [-0.15, -0.1) is 0 Å². The van der Waals surface area contributed by atoms with Crippen LogP contribution in [0, 0.1) is 0 Å². The summed E-state index contributed by atoms with van der Waals surface area (Å²) in [7, 11) is -2.52. The van der Waals surface area contributed by atoms with Crippen molar-refractivity contribution in [3.8, 4) is 0 Å². The van der Waals surface area contributed by atoms with Crippen LogP contribution in [-0.4, -0.2) is 61.8 Å². The van der Waals surface area contributed by atoms with Gasteiger partial charge in [0.15, 0.2) is 0 Å². The van der Waals surface area contributed by atoms with Crippen molar-refractivity contribution in [1.82, 2.24) is 8.46 Å². The van der Waals surface area contributed by atoms with Gasteiger partial charge < -0.3 is 12.9 Å². The maximum atomic E-state index is 5.74. The monoisotopic (exact) mass is 390 g/mol. The molecule has 0 aromatic rings. The van der Waals surface area contributed by atoms with E-state index in [1.807, 2.05) is 7.11 Å². The highest BCUT2D eigenvalue weighted by Gasteiger charge is 2.46. The quantitative estimate of drug-likeness (QED) is 0.632. The Morgan fingerprint density at radius 2 is 1.17 bits per heavy atom. The van der Waals surface area contributed by atoms with Crippen LogP contribution >= 0.6 is 0 Å². The topological polar surface area (TPSA) is 15.7 Å². The van der Waals surface area contributed by atoms with Crippen molar-refractivity contribution in [2.75, 3.05) is 20.2 Å². The molecule has 2 heterocycles. The lowest BCUT2D eigenvalue weighted by molar-refractivity contribution is 0.364. The Morgan fingerprint density at radius 1 is 0.739 bits per heavy atom. The third-order valence-corrected chi connectivity index (χ3v) is 23.3. The van der Waals surface area contributed by atoms with Crippen molar-refractivity contribution in [3.05, 3.63) is 0 Å². The van der Waals surface area contributed by atoms with Crippen molar-refractivity contribution in [1.29, 1.82) is 0 Å². The average molecular weight is 391 g/mol. The molecule has 138 valence electrons. The van der Waals surface area contributed by atoms with E-state index in [4.69, 9.17) is 4.43 Å². The molecule has 0 spiro atoms. The van der Waals surface area contributed by atoms with Gasteiger partial charge in [-0.05, 0) is 44.6 Å². The molecule has 3 nitrogen and oxygen atoms in total. The maximum absolute atomic E-state index is 5.74. The first-order valence-electron chi connectivity index (χ1n) is 9.35. The highest BCUT2D eigenvalue weighted by atomic mass is 28.4. The van der Waals surface area contributed by atoms with Crippen LogP contribution in [0.2, 0.25) is 71.0 Å². The van der Waals surface area contributed by atoms with Gasteiger partial charge in [-0.2, -0.15) is 0 Å². The smallest absolute Gasteiger partial charge is 0.261 e. The number of rotatable bonds is 3. The molecule has 2 fully saturated rings. The van der Waals surface area contributed by atoms with E-state index < -0.39 is 33.2 Å². The van der Waals surface area contributed by atoms with Crippen LogP contribution in [0.4, 0.5) is 0 Å². The second-order valence-corrected chi connectivity index (χ2v) is 29.2. The molecule has 2 aliphatic heterocycles. The Balaban J connectivity index is 0.000000231. The van der Waals surface area contributed by atoms with Gasteiger partial charge in [0.2, 0.25) is 0 Å². The summed E-state index contributed by atoms with van der Waals surface area (Å²) < 4.78 is 11.3. The first kappa shape index (κ1) is 21.8. The van der Waals surface area contributed by atoms with Gasteiger partial charge in [-0.3, -0.25) is 0 Å². The first-order chi connectivity index (χ1) is 10.2. The molecule has 1 unspecified atom stereocenters. The maximum Gasteiger partial charge on any atom is 0.261 e. The van der Waals surface area contributed by atoms with Crippen molar-refractivity contribution in [2.45, 2.75) is 83.9 Å². The molecule has 2 rings (SSSR count). The lowest BCUT2D eigenvalue weighted by atomic mass is 10.5. The fourth-order valence-corrected chi connectivity index (χ4v) is 24.3. The molecular formula is C16H42N2OSi4. The van der Waals surface area contributed by atoms with Crippen molar-refractivity contribution < 1.29 is 4.43 Å². The summed E-state index contributed by atoms with van der Waals surface area (Å²) in [5.41, 5.74) is 0. The minimum absolute atomic E-state index is 0.910. The van der Waals surface area contributed by atoms with E-state index in [-0.39, 0.29) is 0 Å². The molecule has 2 saturated heterocycles. The number of hydrogen-bond acceptors (Lipinski definition) is 3. The van der Waals surface area contributed by atoms with Gasteiger partial charge in [-0.1, -0.05) is 52.4 Å². The van der Waals surface area contributed by atoms with E-state index in [9.17, 15) is 0 Å². The fourth-order valence-electron chi connectivity index (χ4n) is 4.54. The molecule has 23 heavy (non-hydrogen) atoms. The van der Waals surface area contributed by atoms with E-state index >= 15 is 0 Å². The lowest BCUT2D eigenvalue weighted by Crippen LogP contribution is -2.59. The van der Waals surface area contributed by atoms with Crippen LogP contribution in [-0.2, 0) is 4.43 Å². The second kappa shape index (κ2) is 7.55. The molecular weight excluding hydrogens is 349 g/mol. The predicted octanol–water partition coefficient (Wildman–Crippen LogP) is 4.98. The molecule has 0 amide bonds. The van der Waals surface area contributed by atoms with E-state index in [1.165, 1.54) is 38.0 Å². The zero-order valence-electron chi connectivity index (χ0n) is 17.5. The second-order valence-electron chi connectivity index (χ2n) is 10.0. The van der Waals surface area contributed by atoms with Crippen molar-refractivity contribution in [2.24, 2.45) is 0 Å². The molecule has 7 heteroatoms. The molecule has 0 aromatic heterocycles. The molecule has 0 aliphatic carbocycles. The predicted molar refractivity (Wildman–Crippen MR) is 115 cm³/mol. The summed E-state index contributed by atoms with van der Waals surface area (Å²) in [6, 6.07) is 2.85. The largest absolute Gasteiger partial charge is 0.407 e. The van der Waals surface area contributed by atoms with Crippen LogP contribution in [0.5, 0.6) is 0 Å². The van der Waals surface area contributed by atoms with E-state index in [2.05, 4.69) is 67.4 Å². The number of hydrogen-bond donors (Lipinski definition) is 0. The molecule has 0 bridgehead atoms. The summed E-state index contributed by atoms with van der Waals surface area (Å²) in [5.74, 6) is 0. The van der Waals surface area contributed by atoms with Gasteiger partial charge in [0.05, 0.1) is 0 Å². The summed E-state index contributed by atoms with van der Waals surface area (Å²) >= 11 is 0. The molecule has 0 N–H and O–H groups in total. The third kappa shape index (κ3) is 5.62. The van der Waals surface area contributed by atoms with Crippen LogP contribution in [0.1, 0.15) is 12.8 Å². The minimum atomic E-state index is -1.43. The standard InChI is InChI=1S/C8H21NOSi2.C8H21NSi2/c1-10-12(5)8-6-7-9(12)11(2,3)4;1-10(2,3)9-7-6-8-11(9,4)5/h6-8H2,1-5H3;6-8H2,1-5H3. The van der Waals surface area contributed by atoms with Gasteiger partial charge in [0, 0.05) is 7.11 Å². The highest BCUT2D eigenvalue weighted by Crippen LogP contribution is 2.31. The lowest BCUT2D eigenvalue weighted by Gasteiger charge is -2.40. The summed E-state index contributed by atoms with van der Waals surface area (Å²) in [6.45, 7) is 24.8. The van der Waals surface area contributed by atoms with Crippen LogP contribution in [0.3, 0.4) is 0 Å². The van der Waals surface area contributed by atoms with Crippen molar-refractivity contribution >= 4 is 33.2 Å². The zero-order valence-corrected chi connectivity index (χ0v) is 21.5. The summed E-state index contributed by atoms with van der Waals surface area (Å²) in [5, 5.41) is 0. The van der Waals surface area contributed by atoms with Gasteiger partial charge in [-0.25, -0.2) is 0 Å². The highest BCUT2D eigenvalue weighted by molar-refractivity contribution is 6.90. The number of nitrogens with zero attached hydrogens (tertiary/aromatic N) is 2. The summed E-state index contributed by atoms with van der Waals surface area (Å²) in [4.78, 5) is 0. The van der Waals surface area contributed by atoms with Gasteiger partial charge >= 0.3 is 0 Å². The van der Waals surface area contributed by atoms with E-state index in [1.54, 1.807) is 0 Å².